The molecule has 2 amide bonds. The number of hydrogen-bond donors (Lipinski definition) is 3. The minimum absolute atomic E-state index is 0.0209. The van der Waals surface area contributed by atoms with Gasteiger partial charge in [-0.1, -0.05) is 12.1 Å². The molecule has 2 aliphatic heterocycles. The molecule has 0 radical (unpaired) electrons. The standard InChI is InChI=1S/C17H18N4O2/c1-8-15(9(2)20-19-8)21-16(22)11-5-3-4-10-13(18)7-6-12(14(10)11)17(21)23/h3-9,15,19-20H,18H2,1-2H3. The number of hydrazine groups is 1. The van der Waals surface area contributed by atoms with Gasteiger partial charge in [-0.3, -0.25) is 25.3 Å². The minimum Gasteiger partial charge on any atom is -0.398 e. The van der Waals surface area contributed by atoms with Crippen molar-refractivity contribution in [2.75, 3.05) is 5.73 Å². The lowest BCUT2D eigenvalue weighted by molar-refractivity contribution is 0.0518. The second-order valence-electron chi connectivity index (χ2n) is 6.27. The molecule has 2 heterocycles. The summed E-state index contributed by atoms with van der Waals surface area (Å²) in [6.07, 6.45) is 0. The van der Waals surface area contributed by atoms with Gasteiger partial charge in [0.2, 0.25) is 0 Å². The first-order valence-electron chi connectivity index (χ1n) is 7.71. The molecule has 1 fully saturated rings. The van der Waals surface area contributed by atoms with E-state index in [2.05, 4.69) is 10.9 Å². The van der Waals surface area contributed by atoms with Crippen molar-refractivity contribution in [1.29, 1.82) is 0 Å². The molecule has 0 aliphatic carbocycles. The fourth-order valence-electron chi connectivity index (χ4n) is 3.72. The van der Waals surface area contributed by atoms with Gasteiger partial charge < -0.3 is 5.73 Å². The van der Waals surface area contributed by atoms with E-state index in [0.29, 0.717) is 22.2 Å². The van der Waals surface area contributed by atoms with E-state index in [1.165, 1.54) is 4.90 Å². The normalized spacial score (nSPS) is 27.0. The molecule has 1 saturated heterocycles. The molecule has 2 aromatic carbocycles. The number of benzene rings is 2. The highest BCUT2D eigenvalue weighted by Gasteiger charge is 2.44. The highest BCUT2D eigenvalue weighted by molar-refractivity contribution is 6.26. The Morgan fingerprint density at radius 3 is 2.22 bits per heavy atom. The number of nitrogens with two attached hydrogens (primary N) is 1. The maximum absolute atomic E-state index is 13.0. The molecule has 0 spiro atoms. The van der Waals surface area contributed by atoms with E-state index >= 15 is 0 Å². The largest absolute Gasteiger partial charge is 0.398 e. The van der Waals surface area contributed by atoms with Gasteiger partial charge in [0.1, 0.15) is 0 Å². The summed E-state index contributed by atoms with van der Waals surface area (Å²) in [7, 11) is 0. The van der Waals surface area contributed by atoms with Crippen molar-refractivity contribution >= 4 is 28.3 Å². The number of nitrogen functional groups attached to an aromatic ring is 1. The number of nitrogens with zero attached hydrogens (tertiary/aromatic N) is 1. The predicted molar refractivity (Wildman–Crippen MR) is 87.8 cm³/mol. The van der Waals surface area contributed by atoms with Crippen LogP contribution in [0.25, 0.3) is 10.8 Å². The third kappa shape index (κ3) is 1.82. The molecular weight excluding hydrogens is 292 g/mol. The van der Waals surface area contributed by atoms with E-state index in [4.69, 9.17) is 5.73 Å². The van der Waals surface area contributed by atoms with Gasteiger partial charge in [-0.15, -0.1) is 0 Å². The molecule has 2 atom stereocenters. The highest BCUT2D eigenvalue weighted by atomic mass is 16.2. The average molecular weight is 310 g/mol. The third-order valence-corrected chi connectivity index (χ3v) is 4.83. The molecule has 4 N–H and O–H groups in total. The van der Waals surface area contributed by atoms with Crippen molar-refractivity contribution < 1.29 is 9.59 Å². The monoisotopic (exact) mass is 310 g/mol. The van der Waals surface area contributed by atoms with Crippen molar-refractivity contribution in [1.82, 2.24) is 15.8 Å². The van der Waals surface area contributed by atoms with Crippen LogP contribution in [0, 0.1) is 0 Å². The van der Waals surface area contributed by atoms with Crippen LogP contribution in [0.3, 0.4) is 0 Å². The number of carbonyl (C=O) groups excluding carboxylic acids is 2. The summed E-state index contributed by atoms with van der Waals surface area (Å²) in [4.78, 5) is 27.4. The molecule has 6 nitrogen and oxygen atoms in total. The second-order valence-corrected chi connectivity index (χ2v) is 6.27. The second kappa shape index (κ2) is 4.78. The highest BCUT2D eigenvalue weighted by Crippen LogP contribution is 2.35. The Bertz CT molecular complexity index is 816. The van der Waals surface area contributed by atoms with Gasteiger partial charge in [0.05, 0.1) is 6.04 Å². The first-order valence-corrected chi connectivity index (χ1v) is 7.71. The Kier molecular flexibility index (Phi) is 2.94. The number of hydrogen-bond acceptors (Lipinski definition) is 5. The zero-order valence-corrected chi connectivity index (χ0v) is 13.0. The van der Waals surface area contributed by atoms with Gasteiger partial charge in [-0.05, 0) is 32.0 Å². The van der Waals surface area contributed by atoms with E-state index in [1.54, 1.807) is 18.2 Å². The molecule has 6 heteroatoms. The molecule has 0 bridgehead atoms. The van der Waals surface area contributed by atoms with E-state index < -0.39 is 0 Å². The summed E-state index contributed by atoms with van der Waals surface area (Å²) in [5, 5.41) is 1.42. The topological polar surface area (TPSA) is 87.5 Å². The minimum atomic E-state index is -0.257. The van der Waals surface area contributed by atoms with Crippen molar-refractivity contribution in [3.05, 3.63) is 41.5 Å². The quantitative estimate of drug-likeness (QED) is 0.545. The fraction of sp³-hybridized carbons (Fsp3) is 0.294. The smallest absolute Gasteiger partial charge is 0.261 e. The van der Waals surface area contributed by atoms with Crippen molar-refractivity contribution in [3.8, 4) is 0 Å². The van der Waals surface area contributed by atoms with Crippen LogP contribution in [0.1, 0.15) is 34.6 Å². The van der Waals surface area contributed by atoms with Crippen molar-refractivity contribution in [2.24, 2.45) is 0 Å². The molecular formula is C17H18N4O2. The third-order valence-electron chi connectivity index (χ3n) is 4.83. The van der Waals surface area contributed by atoms with E-state index in [1.807, 2.05) is 26.0 Å². The summed E-state index contributed by atoms with van der Waals surface area (Å²) >= 11 is 0. The SMILES string of the molecule is CC1NNC(C)C1N1C(=O)c2cccc3c(N)ccc(c23)C1=O. The number of amides is 2. The Balaban J connectivity index is 1.94. The molecule has 2 aliphatic rings. The van der Waals surface area contributed by atoms with Crippen molar-refractivity contribution in [2.45, 2.75) is 32.0 Å². The zero-order chi connectivity index (χ0) is 16.3. The van der Waals surface area contributed by atoms with E-state index in [9.17, 15) is 9.59 Å². The number of nitrogens with one attached hydrogen (secondary N) is 2. The average Bonchev–Trinajstić information content (AvgIpc) is 2.86. The van der Waals surface area contributed by atoms with Crippen LogP contribution < -0.4 is 16.6 Å². The first kappa shape index (κ1) is 14.2. The maximum atomic E-state index is 13.0. The number of imide groups is 1. The Morgan fingerprint density at radius 1 is 0.957 bits per heavy atom. The van der Waals surface area contributed by atoms with Gasteiger partial charge in [-0.25, -0.2) is 0 Å². The van der Waals surface area contributed by atoms with Gasteiger partial charge in [0.15, 0.2) is 0 Å². The van der Waals surface area contributed by atoms with Crippen LogP contribution in [0.15, 0.2) is 30.3 Å². The number of carbonyl (C=O) groups is 2. The molecule has 4 rings (SSSR count). The lowest BCUT2D eigenvalue weighted by atomic mass is 9.90. The van der Waals surface area contributed by atoms with Gasteiger partial charge >= 0.3 is 0 Å². The molecule has 0 saturated carbocycles. The summed E-state index contributed by atoms with van der Waals surface area (Å²) in [5.41, 5.74) is 13.9. The number of rotatable bonds is 1. The summed E-state index contributed by atoms with van der Waals surface area (Å²) in [5.74, 6) is -0.513. The Morgan fingerprint density at radius 2 is 1.57 bits per heavy atom. The molecule has 23 heavy (non-hydrogen) atoms. The van der Waals surface area contributed by atoms with Gasteiger partial charge in [0, 0.05) is 39.7 Å². The van der Waals surface area contributed by atoms with Crippen molar-refractivity contribution in [3.63, 3.8) is 0 Å². The Labute approximate surface area is 133 Å². The zero-order valence-electron chi connectivity index (χ0n) is 13.0. The van der Waals surface area contributed by atoms with Gasteiger partial charge in [0.25, 0.3) is 11.8 Å². The lowest BCUT2D eigenvalue weighted by Crippen LogP contribution is -2.54. The van der Waals surface area contributed by atoms with Crippen LogP contribution >= 0.6 is 0 Å². The van der Waals surface area contributed by atoms with Crippen LogP contribution in [-0.2, 0) is 0 Å². The van der Waals surface area contributed by atoms with Crippen LogP contribution in [0.5, 0.6) is 0 Å². The van der Waals surface area contributed by atoms with Gasteiger partial charge in [-0.2, -0.15) is 0 Å². The first-order chi connectivity index (χ1) is 11.0. The number of anilines is 1. The van der Waals surface area contributed by atoms with E-state index in [-0.39, 0.29) is 29.9 Å². The van der Waals surface area contributed by atoms with Crippen LogP contribution in [0.4, 0.5) is 5.69 Å². The van der Waals surface area contributed by atoms with Crippen LogP contribution in [-0.4, -0.2) is 34.8 Å². The fourth-order valence-corrected chi connectivity index (χ4v) is 3.72. The summed E-state index contributed by atoms with van der Waals surface area (Å²) < 4.78 is 0. The molecule has 0 aromatic heterocycles. The summed E-state index contributed by atoms with van der Waals surface area (Å²) in [6, 6.07) is 8.58. The van der Waals surface area contributed by atoms with Crippen LogP contribution in [0.2, 0.25) is 0 Å². The lowest BCUT2D eigenvalue weighted by Gasteiger charge is -2.35. The maximum Gasteiger partial charge on any atom is 0.261 e. The van der Waals surface area contributed by atoms with E-state index in [0.717, 1.165) is 5.39 Å². The predicted octanol–water partition coefficient (Wildman–Crippen LogP) is 1.27. The molecule has 2 aromatic rings. The molecule has 118 valence electrons. The molecule has 2 unspecified atom stereocenters. The Hall–Kier alpha value is -2.44. The summed E-state index contributed by atoms with van der Waals surface area (Å²) in [6.45, 7) is 3.92.